The molecule has 0 spiro atoms. The lowest BCUT2D eigenvalue weighted by atomic mass is 10.0. The molecule has 0 saturated carbocycles. The summed E-state index contributed by atoms with van der Waals surface area (Å²) in [6, 6.07) is 24.0. The minimum Gasteiger partial charge on any atom is -0.422 e. The fourth-order valence-corrected chi connectivity index (χ4v) is 3.61. The molecule has 4 aromatic rings. The van der Waals surface area contributed by atoms with Gasteiger partial charge in [-0.15, -0.1) is 0 Å². The number of benzene rings is 3. The number of fused-ring (bicyclic) bond motifs is 1. The fourth-order valence-electron chi connectivity index (χ4n) is 3.61. The molecule has 0 fully saturated rings. The number of nitrogens with one attached hydrogen (secondary N) is 1. The second kappa shape index (κ2) is 8.88. The fraction of sp³-hybridized carbons (Fsp3) is 0.154. The summed E-state index contributed by atoms with van der Waals surface area (Å²) in [5.41, 5.74) is 3.71. The molecule has 0 saturated heterocycles. The number of carbonyl (C=O) groups is 1. The molecule has 0 radical (unpaired) electrons. The van der Waals surface area contributed by atoms with Crippen molar-refractivity contribution in [2.24, 2.45) is 0 Å². The Morgan fingerprint density at radius 3 is 2.26 bits per heavy atom. The molecule has 0 unspecified atom stereocenters. The number of para-hydroxylation sites is 1. The van der Waals surface area contributed by atoms with E-state index < -0.39 is 5.63 Å². The van der Waals surface area contributed by atoms with Crippen molar-refractivity contribution in [1.29, 1.82) is 0 Å². The van der Waals surface area contributed by atoms with Crippen molar-refractivity contribution in [3.8, 4) is 11.1 Å². The highest BCUT2D eigenvalue weighted by Gasteiger charge is 2.11. The lowest BCUT2D eigenvalue weighted by molar-refractivity contribution is 0.102. The quantitative estimate of drug-likeness (QED) is 0.421. The third-order valence-electron chi connectivity index (χ3n) is 5.35. The highest BCUT2D eigenvalue weighted by Crippen LogP contribution is 2.22. The van der Waals surface area contributed by atoms with Crippen molar-refractivity contribution in [3.05, 3.63) is 94.8 Å². The zero-order valence-corrected chi connectivity index (χ0v) is 17.6. The molecule has 0 bridgehead atoms. The Hall–Kier alpha value is -3.86. The first-order chi connectivity index (χ1) is 15.1. The molecular formula is C26H24N2O3. The molecular weight excluding hydrogens is 388 g/mol. The van der Waals surface area contributed by atoms with Crippen molar-refractivity contribution in [1.82, 2.24) is 0 Å². The van der Waals surface area contributed by atoms with Crippen LogP contribution in [0.15, 0.2) is 88.1 Å². The minimum absolute atomic E-state index is 0.201. The van der Waals surface area contributed by atoms with Gasteiger partial charge in [-0.25, -0.2) is 4.79 Å². The van der Waals surface area contributed by atoms with Gasteiger partial charge in [0.2, 0.25) is 0 Å². The van der Waals surface area contributed by atoms with Crippen LogP contribution >= 0.6 is 0 Å². The Kier molecular flexibility index (Phi) is 5.85. The van der Waals surface area contributed by atoms with E-state index in [0.717, 1.165) is 29.9 Å². The number of amides is 1. The maximum atomic E-state index is 12.6. The molecule has 1 heterocycles. The number of hydrogen-bond donors (Lipinski definition) is 1. The first-order valence-electron chi connectivity index (χ1n) is 10.4. The number of carbonyl (C=O) groups excluding carboxylic acids is 1. The third kappa shape index (κ3) is 4.36. The van der Waals surface area contributed by atoms with Crippen LogP contribution in [0.1, 0.15) is 24.2 Å². The van der Waals surface area contributed by atoms with Crippen LogP contribution in [-0.2, 0) is 0 Å². The molecule has 31 heavy (non-hydrogen) atoms. The van der Waals surface area contributed by atoms with Gasteiger partial charge in [-0.1, -0.05) is 30.3 Å². The smallest absolute Gasteiger partial charge is 0.344 e. The van der Waals surface area contributed by atoms with Gasteiger partial charge >= 0.3 is 5.63 Å². The van der Waals surface area contributed by atoms with E-state index in [4.69, 9.17) is 4.42 Å². The van der Waals surface area contributed by atoms with Gasteiger partial charge in [0.25, 0.3) is 5.91 Å². The van der Waals surface area contributed by atoms with E-state index >= 15 is 0 Å². The number of rotatable bonds is 6. The molecule has 1 amide bonds. The minimum atomic E-state index is -0.399. The Morgan fingerprint density at radius 2 is 1.58 bits per heavy atom. The van der Waals surface area contributed by atoms with Gasteiger partial charge in [0, 0.05) is 35.4 Å². The van der Waals surface area contributed by atoms with Crippen molar-refractivity contribution >= 4 is 28.3 Å². The average Bonchev–Trinajstić information content (AvgIpc) is 2.80. The van der Waals surface area contributed by atoms with Gasteiger partial charge in [0.05, 0.1) is 5.56 Å². The molecule has 5 heteroatoms. The lowest BCUT2D eigenvalue weighted by Gasteiger charge is -2.21. The van der Waals surface area contributed by atoms with Crippen molar-refractivity contribution in [2.75, 3.05) is 23.3 Å². The first kappa shape index (κ1) is 20.4. The van der Waals surface area contributed by atoms with Gasteiger partial charge in [-0.2, -0.15) is 0 Å². The van der Waals surface area contributed by atoms with Gasteiger partial charge in [0.15, 0.2) is 0 Å². The molecule has 1 N–H and O–H groups in total. The van der Waals surface area contributed by atoms with Crippen LogP contribution in [0.5, 0.6) is 0 Å². The number of anilines is 2. The van der Waals surface area contributed by atoms with Crippen LogP contribution in [0.3, 0.4) is 0 Å². The monoisotopic (exact) mass is 412 g/mol. The van der Waals surface area contributed by atoms with Crippen LogP contribution in [-0.4, -0.2) is 19.0 Å². The Bertz CT molecular complexity index is 1250. The molecule has 0 atom stereocenters. The standard InChI is InChI=1S/C26H24N2O3/c1-3-28(4-2)22-15-13-21(14-16-22)27-25(29)19-11-9-18(10-12-19)23-17-20-7-5-6-8-24(20)31-26(23)30/h5-17H,3-4H2,1-2H3,(H,27,29). The molecule has 3 aromatic carbocycles. The largest absolute Gasteiger partial charge is 0.422 e. The summed E-state index contributed by atoms with van der Waals surface area (Å²) in [6.07, 6.45) is 0. The molecule has 0 aliphatic heterocycles. The summed E-state index contributed by atoms with van der Waals surface area (Å²) >= 11 is 0. The Labute approximate surface area is 180 Å². The highest BCUT2D eigenvalue weighted by molar-refractivity contribution is 6.04. The summed E-state index contributed by atoms with van der Waals surface area (Å²) in [6.45, 7) is 6.10. The van der Waals surface area contributed by atoms with E-state index in [1.165, 1.54) is 0 Å². The Morgan fingerprint density at radius 1 is 0.903 bits per heavy atom. The van der Waals surface area contributed by atoms with Crippen LogP contribution < -0.4 is 15.8 Å². The summed E-state index contributed by atoms with van der Waals surface area (Å²) in [4.78, 5) is 27.2. The van der Waals surface area contributed by atoms with Gasteiger partial charge in [-0.3, -0.25) is 4.79 Å². The SMILES string of the molecule is CCN(CC)c1ccc(NC(=O)c2ccc(-c3cc4ccccc4oc3=O)cc2)cc1. The molecule has 156 valence electrons. The van der Waals surface area contributed by atoms with E-state index in [0.29, 0.717) is 22.3 Å². The normalized spacial score (nSPS) is 10.8. The molecule has 4 rings (SSSR count). The zero-order chi connectivity index (χ0) is 21.8. The van der Waals surface area contributed by atoms with E-state index in [1.54, 1.807) is 30.3 Å². The molecule has 5 nitrogen and oxygen atoms in total. The van der Waals surface area contributed by atoms with Gasteiger partial charge < -0.3 is 14.6 Å². The first-order valence-corrected chi connectivity index (χ1v) is 10.4. The van der Waals surface area contributed by atoms with E-state index in [2.05, 4.69) is 24.1 Å². The van der Waals surface area contributed by atoms with Crippen LogP contribution in [0.2, 0.25) is 0 Å². The van der Waals surface area contributed by atoms with Crippen molar-refractivity contribution in [3.63, 3.8) is 0 Å². The zero-order valence-electron chi connectivity index (χ0n) is 17.6. The van der Waals surface area contributed by atoms with Gasteiger partial charge in [0.1, 0.15) is 5.58 Å². The van der Waals surface area contributed by atoms with Crippen molar-refractivity contribution in [2.45, 2.75) is 13.8 Å². The summed E-state index contributed by atoms with van der Waals surface area (Å²) in [7, 11) is 0. The lowest BCUT2D eigenvalue weighted by Crippen LogP contribution is -2.21. The molecule has 0 aliphatic carbocycles. The van der Waals surface area contributed by atoms with Crippen molar-refractivity contribution < 1.29 is 9.21 Å². The predicted molar refractivity (Wildman–Crippen MR) is 126 cm³/mol. The summed E-state index contributed by atoms with van der Waals surface area (Å²) in [5, 5.41) is 3.77. The maximum Gasteiger partial charge on any atom is 0.344 e. The second-order valence-electron chi connectivity index (χ2n) is 7.24. The van der Waals surface area contributed by atoms with E-state index in [9.17, 15) is 9.59 Å². The van der Waals surface area contributed by atoms with Crippen LogP contribution in [0, 0.1) is 0 Å². The average molecular weight is 412 g/mol. The van der Waals surface area contributed by atoms with Crippen LogP contribution in [0.4, 0.5) is 11.4 Å². The van der Waals surface area contributed by atoms with Gasteiger partial charge in [-0.05, 0) is 67.9 Å². The summed E-state index contributed by atoms with van der Waals surface area (Å²) < 4.78 is 5.41. The molecule has 1 aromatic heterocycles. The number of hydrogen-bond acceptors (Lipinski definition) is 4. The number of nitrogens with zero attached hydrogens (tertiary/aromatic N) is 1. The second-order valence-corrected chi connectivity index (χ2v) is 7.24. The Balaban J connectivity index is 1.51. The third-order valence-corrected chi connectivity index (χ3v) is 5.35. The molecule has 0 aliphatic rings. The maximum absolute atomic E-state index is 12.6. The summed E-state index contributed by atoms with van der Waals surface area (Å²) in [5.74, 6) is -0.201. The highest BCUT2D eigenvalue weighted by atomic mass is 16.4. The van der Waals surface area contributed by atoms with E-state index in [1.807, 2.05) is 48.5 Å². The van der Waals surface area contributed by atoms with Crippen LogP contribution in [0.25, 0.3) is 22.1 Å². The topological polar surface area (TPSA) is 62.6 Å². The van der Waals surface area contributed by atoms with E-state index in [-0.39, 0.29) is 5.91 Å². The predicted octanol–water partition coefficient (Wildman–Crippen LogP) is 5.56.